The standard InChI is InChI=1S/C31H26BrN3O7S/c1-4-23-27(30(37)41-3)28(19-8-6-5-7-9-19)34-29(36)26(43-31(34)33-23)15-20-14-24(40-2)25(16-22(20)32)42-17-18-10-12-21(13-11-18)35(38)39/h5-16,28H,4,17H2,1-3H3/b26-15-/t28-/m0/s1. The number of carbonyl (C=O) groups is 1. The Bertz CT molecular complexity index is 1920. The predicted molar refractivity (Wildman–Crippen MR) is 165 cm³/mol. The maximum atomic E-state index is 13.9. The summed E-state index contributed by atoms with van der Waals surface area (Å²) in [5.74, 6) is 0.360. The Morgan fingerprint density at radius 2 is 1.84 bits per heavy atom. The third-order valence-electron chi connectivity index (χ3n) is 6.88. The van der Waals surface area contributed by atoms with Gasteiger partial charge in [0, 0.05) is 16.6 Å². The van der Waals surface area contributed by atoms with Crippen LogP contribution in [-0.2, 0) is 16.1 Å². The molecule has 4 aromatic rings. The molecular weight excluding hydrogens is 638 g/mol. The topological polar surface area (TPSA) is 122 Å². The van der Waals surface area contributed by atoms with Crippen molar-refractivity contribution in [2.24, 2.45) is 4.99 Å². The Hall–Kier alpha value is -4.55. The number of hydrogen-bond donors (Lipinski definition) is 0. The average Bonchev–Trinajstić information content (AvgIpc) is 3.34. The molecule has 0 saturated heterocycles. The molecular formula is C31H26BrN3O7S. The lowest BCUT2D eigenvalue weighted by atomic mass is 9.95. The molecule has 1 aliphatic heterocycles. The molecule has 220 valence electrons. The minimum absolute atomic E-state index is 0.00114. The Balaban J connectivity index is 1.54. The number of non-ortho nitro benzene ring substituents is 1. The van der Waals surface area contributed by atoms with Crippen molar-refractivity contribution < 1.29 is 23.9 Å². The number of nitro groups is 1. The Kier molecular flexibility index (Phi) is 8.88. The zero-order chi connectivity index (χ0) is 30.7. The minimum atomic E-state index is -0.685. The molecule has 5 rings (SSSR count). The van der Waals surface area contributed by atoms with Gasteiger partial charge in [0.05, 0.1) is 41.0 Å². The Morgan fingerprint density at radius 3 is 2.47 bits per heavy atom. The summed E-state index contributed by atoms with van der Waals surface area (Å²) in [4.78, 5) is 42.5. The second-order valence-corrected chi connectivity index (χ2v) is 11.3. The number of allylic oxidation sites excluding steroid dienone is 1. The van der Waals surface area contributed by atoms with Crippen molar-refractivity contribution in [1.82, 2.24) is 4.57 Å². The molecule has 10 nitrogen and oxygen atoms in total. The number of esters is 1. The van der Waals surface area contributed by atoms with Gasteiger partial charge in [-0.05, 0) is 53.5 Å². The zero-order valence-corrected chi connectivity index (χ0v) is 25.8. The first-order chi connectivity index (χ1) is 20.7. The number of nitro benzene ring substituents is 1. The van der Waals surface area contributed by atoms with Gasteiger partial charge >= 0.3 is 5.97 Å². The third-order valence-corrected chi connectivity index (χ3v) is 8.55. The highest BCUT2D eigenvalue weighted by Crippen LogP contribution is 2.35. The lowest BCUT2D eigenvalue weighted by Gasteiger charge is -2.25. The van der Waals surface area contributed by atoms with Gasteiger partial charge in [-0.3, -0.25) is 19.5 Å². The van der Waals surface area contributed by atoms with E-state index in [1.54, 1.807) is 34.9 Å². The van der Waals surface area contributed by atoms with E-state index in [1.165, 1.54) is 37.7 Å². The molecule has 1 aliphatic rings. The fourth-order valence-corrected chi connectivity index (χ4v) is 6.21. The summed E-state index contributed by atoms with van der Waals surface area (Å²) in [7, 11) is 2.83. The molecule has 2 heterocycles. The van der Waals surface area contributed by atoms with Gasteiger partial charge in [0.2, 0.25) is 0 Å². The molecule has 0 unspecified atom stereocenters. The minimum Gasteiger partial charge on any atom is -0.493 e. The normalized spacial score (nSPS) is 14.6. The van der Waals surface area contributed by atoms with Gasteiger partial charge in [-0.25, -0.2) is 9.79 Å². The number of thiazole rings is 1. The summed E-state index contributed by atoms with van der Waals surface area (Å²) in [5.41, 5.74) is 2.82. The van der Waals surface area contributed by atoms with Gasteiger partial charge < -0.3 is 14.2 Å². The molecule has 0 saturated carbocycles. The van der Waals surface area contributed by atoms with E-state index < -0.39 is 16.9 Å². The fourth-order valence-electron chi connectivity index (χ4n) is 4.76. The lowest BCUT2D eigenvalue weighted by molar-refractivity contribution is -0.384. The number of halogens is 1. The van der Waals surface area contributed by atoms with Crippen LogP contribution in [0.2, 0.25) is 0 Å². The Labute approximate surface area is 258 Å². The number of aromatic nitrogens is 1. The number of methoxy groups -OCH3 is 2. The largest absolute Gasteiger partial charge is 0.493 e. The van der Waals surface area contributed by atoms with Gasteiger partial charge in [-0.15, -0.1) is 0 Å². The van der Waals surface area contributed by atoms with Crippen molar-refractivity contribution in [3.63, 3.8) is 0 Å². The molecule has 0 amide bonds. The van der Waals surface area contributed by atoms with Gasteiger partial charge in [-0.1, -0.05) is 64.5 Å². The van der Waals surface area contributed by atoms with Crippen LogP contribution in [0.25, 0.3) is 6.08 Å². The monoisotopic (exact) mass is 663 g/mol. The van der Waals surface area contributed by atoms with Crippen LogP contribution >= 0.6 is 27.3 Å². The maximum absolute atomic E-state index is 13.9. The van der Waals surface area contributed by atoms with Crippen LogP contribution in [0, 0.1) is 10.1 Å². The molecule has 0 bridgehead atoms. The van der Waals surface area contributed by atoms with Crippen molar-refractivity contribution in [3.8, 4) is 11.5 Å². The molecule has 1 atom stereocenters. The van der Waals surface area contributed by atoms with E-state index in [9.17, 15) is 19.7 Å². The van der Waals surface area contributed by atoms with Crippen molar-refractivity contribution >= 4 is 45.0 Å². The number of ether oxygens (including phenoxy) is 3. The first-order valence-electron chi connectivity index (χ1n) is 13.2. The average molecular weight is 665 g/mol. The fraction of sp³-hybridized carbons (Fsp3) is 0.194. The maximum Gasteiger partial charge on any atom is 0.338 e. The van der Waals surface area contributed by atoms with Crippen LogP contribution in [0.4, 0.5) is 5.69 Å². The molecule has 0 spiro atoms. The summed E-state index contributed by atoms with van der Waals surface area (Å²) in [5, 5.41) is 10.9. The zero-order valence-electron chi connectivity index (χ0n) is 23.4. The summed E-state index contributed by atoms with van der Waals surface area (Å²) in [6.45, 7) is 2.08. The van der Waals surface area contributed by atoms with Crippen LogP contribution in [0.15, 0.2) is 92.3 Å². The SMILES string of the molecule is CCC1=C(C(=O)OC)[C@H](c2ccccc2)n2c(s/c(=C\c3cc(OC)c(OCc4ccc([N+](=O)[O-])cc4)cc3Br)c2=O)=N1. The van der Waals surface area contributed by atoms with Crippen molar-refractivity contribution in [1.29, 1.82) is 0 Å². The number of carbonyl (C=O) groups excluding carboxylic acids is 1. The van der Waals surface area contributed by atoms with Gasteiger partial charge in [-0.2, -0.15) is 0 Å². The number of nitrogens with zero attached hydrogens (tertiary/aromatic N) is 3. The van der Waals surface area contributed by atoms with E-state index in [4.69, 9.17) is 19.2 Å². The van der Waals surface area contributed by atoms with E-state index in [0.29, 0.717) is 48.6 Å². The second kappa shape index (κ2) is 12.8. The highest BCUT2D eigenvalue weighted by Gasteiger charge is 2.33. The van der Waals surface area contributed by atoms with Gasteiger partial charge in [0.25, 0.3) is 11.2 Å². The van der Waals surface area contributed by atoms with E-state index in [0.717, 1.165) is 11.1 Å². The molecule has 0 fully saturated rings. The van der Waals surface area contributed by atoms with Crippen LogP contribution < -0.4 is 24.4 Å². The predicted octanol–water partition coefficient (Wildman–Crippen LogP) is 5.06. The van der Waals surface area contributed by atoms with Crippen LogP contribution in [-0.4, -0.2) is 29.7 Å². The van der Waals surface area contributed by atoms with Gasteiger partial charge in [0.15, 0.2) is 16.3 Å². The highest BCUT2D eigenvalue weighted by molar-refractivity contribution is 9.10. The van der Waals surface area contributed by atoms with Gasteiger partial charge in [0.1, 0.15) is 6.61 Å². The molecule has 0 aliphatic carbocycles. The second-order valence-electron chi connectivity index (χ2n) is 9.44. The highest BCUT2D eigenvalue weighted by atomic mass is 79.9. The summed E-state index contributed by atoms with van der Waals surface area (Å²) < 4.78 is 19.3. The van der Waals surface area contributed by atoms with Crippen LogP contribution in [0.5, 0.6) is 11.5 Å². The number of fused-ring (bicyclic) bond motifs is 1. The van der Waals surface area contributed by atoms with E-state index in [2.05, 4.69) is 15.9 Å². The smallest absolute Gasteiger partial charge is 0.338 e. The number of rotatable bonds is 9. The summed E-state index contributed by atoms with van der Waals surface area (Å²) in [6.07, 6.45) is 2.23. The summed E-state index contributed by atoms with van der Waals surface area (Å²) >= 11 is 4.82. The number of hydrogen-bond acceptors (Lipinski definition) is 9. The molecule has 0 N–H and O–H groups in total. The van der Waals surface area contributed by atoms with E-state index in [-0.39, 0.29) is 17.9 Å². The van der Waals surface area contributed by atoms with E-state index >= 15 is 0 Å². The van der Waals surface area contributed by atoms with Crippen molar-refractivity contribution in [2.45, 2.75) is 26.0 Å². The van der Waals surface area contributed by atoms with E-state index in [1.807, 2.05) is 37.3 Å². The number of benzene rings is 3. The molecule has 0 radical (unpaired) electrons. The third kappa shape index (κ3) is 6.02. The first kappa shape index (κ1) is 29.9. The molecule has 3 aromatic carbocycles. The molecule has 1 aromatic heterocycles. The molecule has 43 heavy (non-hydrogen) atoms. The quantitative estimate of drug-likeness (QED) is 0.139. The summed E-state index contributed by atoms with van der Waals surface area (Å²) in [6, 6.07) is 18.3. The van der Waals surface area contributed by atoms with Crippen molar-refractivity contribution in [2.75, 3.05) is 14.2 Å². The van der Waals surface area contributed by atoms with Crippen LogP contribution in [0.1, 0.15) is 36.1 Å². The first-order valence-corrected chi connectivity index (χ1v) is 14.8. The van der Waals surface area contributed by atoms with Crippen LogP contribution in [0.3, 0.4) is 0 Å². The lowest BCUT2D eigenvalue weighted by Crippen LogP contribution is -2.40. The molecule has 12 heteroatoms. The Morgan fingerprint density at radius 1 is 1.12 bits per heavy atom. The van der Waals surface area contributed by atoms with Crippen molar-refractivity contribution in [3.05, 3.63) is 129 Å².